The summed E-state index contributed by atoms with van der Waals surface area (Å²) in [5.74, 6) is 0.493. The van der Waals surface area contributed by atoms with Gasteiger partial charge in [-0.2, -0.15) is 13.2 Å². The molecule has 2 aromatic carbocycles. The molecule has 0 spiro atoms. The molecule has 4 rings (SSSR count). The third kappa shape index (κ3) is 4.75. The maximum Gasteiger partial charge on any atom is 0.416 e. The van der Waals surface area contributed by atoms with Gasteiger partial charge in [0.25, 0.3) is 0 Å². The molecule has 2 aromatic rings. The Labute approximate surface area is 192 Å². The summed E-state index contributed by atoms with van der Waals surface area (Å²) >= 11 is 0. The van der Waals surface area contributed by atoms with Crippen LogP contribution in [0.15, 0.2) is 42.5 Å². The Morgan fingerprint density at radius 2 is 1.91 bits per heavy atom. The zero-order valence-corrected chi connectivity index (χ0v) is 19.2. The predicted molar refractivity (Wildman–Crippen MR) is 123 cm³/mol. The SMILES string of the molecule is COc1ccccc1N1CCN2c3ccc(C(F)(F)F)cc3C[C@H](C(=O)NCC(C)C)[C@@H]2C1. The number of para-hydroxylation sites is 2. The van der Waals surface area contributed by atoms with Crippen LogP contribution < -0.4 is 19.9 Å². The Kier molecular flexibility index (Phi) is 6.45. The Bertz CT molecular complexity index is 1010. The molecule has 0 unspecified atom stereocenters. The molecule has 1 N–H and O–H groups in total. The van der Waals surface area contributed by atoms with Gasteiger partial charge in [0.15, 0.2) is 0 Å². The summed E-state index contributed by atoms with van der Waals surface area (Å²) in [6, 6.07) is 11.5. The molecular formula is C25H30F3N3O2. The van der Waals surface area contributed by atoms with Gasteiger partial charge in [-0.1, -0.05) is 26.0 Å². The van der Waals surface area contributed by atoms with Crippen molar-refractivity contribution < 1.29 is 22.7 Å². The summed E-state index contributed by atoms with van der Waals surface area (Å²) < 4.78 is 45.6. The molecule has 1 fully saturated rings. The molecule has 0 bridgehead atoms. The number of rotatable bonds is 5. The van der Waals surface area contributed by atoms with Crippen molar-refractivity contribution in [1.29, 1.82) is 0 Å². The standard InChI is InChI=1S/C25H30F3N3O2/c1-16(2)14-29-24(32)19-13-17-12-18(25(26,27)28)8-9-20(17)31-11-10-30(15-22(19)31)21-6-4-5-7-23(21)33-3/h4-9,12,16,19,22H,10-11,13-15H2,1-3H3,(H,29,32)/t19-,22-/m0/s1. The zero-order valence-electron chi connectivity index (χ0n) is 19.2. The van der Waals surface area contributed by atoms with E-state index in [1.807, 2.05) is 38.1 Å². The van der Waals surface area contributed by atoms with E-state index in [0.717, 1.165) is 23.2 Å². The number of benzene rings is 2. The molecule has 8 heteroatoms. The number of piperazine rings is 1. The first-order valence-corrected chi connectivity index (χ1v) is 11.3. The molecule has 33 heavy (non-hydrogen) atoms. The molecular weight excluding hydrogens is 431 g/mol. The fourth-order valence-electron chi connectivity index (χ4n) is 4.85. The smallest absolute Gasteiger partial charge is 0.416 e. The highest BCUT2D eigenvalue weighted by Gasteiger charge is 2.43. The Hall–Kier alpha value is -2.90. The van der Waals surface area contributed by atoms with Crippen molar-refractivity contribution in [3.05, 3.63) is 53.6 Å². The number of anilines is 2. The lowest BCUT2D eigenvalue weighted by Crippen LogP contribution is -2.61. The van der Waals surface area contributed by atoms with Crippen molar-refractivity contribution in [2.24, 2.45) is 11.8 Å². The van der Waals surface area contributed by atoms with E-state index in [2.05, 4.69) is 15.1 Å². The fraction of sp³-hybridized carbons (Fsp3) is 0.480. The van der Waals surface area contributed by atoms with Crippen molar-refractivity contribution in [2.45, 2.75) is 32.5 Å². The second kappa shape index (κ2) is 9.15. The van der Waals surface area contributed by atoms with E-state index in [9.17, 15) is 18.0 Å². The molecule has 0 radical (unpaired) electrons. The van der Waals surface area contributed by atoms with Gasteiger partial charge >= 0.3 is 6.18 Å². The summed E-state index contributed by atoms with van der Waals surface area (Å²) in [4.78, 5) is 17.5. The summed E-state index contributed by atoms with van der Waals surface area (Å²) in [5, 5.41) is 3.01. The first-order chi connectivity index (χ1) is 15.7. The largest absolute Gasteiger partial charge is 0.495 e. The first kappa shape index (κ1) is 23.3. The second-order valence-corrected chi connectivity index (χ2v) is 9.17. The third-order valence-electron chi connectivity index (χ3n) is 6.49. The molecule has 1 amide bonds. The van der Waals surface area contributed by atoms with Crippen molar-refractivity contribution in [2.75, 3.05) is 43.1 Å². The third-order valence-corrected chi connectivity index (χ3v) is 6.49. The number of nitrogens with zero attached hydrogens (tertiary/aromatic N) is 2. The number of hydrogen-bond donors (Lipinski definition) is 1. The molecule has 2 aliphatic heterocycles. The molecule has 2 aliphatic rings. The number of halogens is 3. The van der Waals surface area contributed by atoms with Gasteiger partial charge in [-0.05, 0) is 48.2 Å². The lowest BCUT2D eigenvalue weighted by Gasteiger charge is -2.50. The summed E-state index contributed by atoms with van der Waals surface area (Å²) in [7, 11) is 1.63. The highest BCUT2D eigenvalue weighted by atomic mass is 19.4. The topological polar surface area (TPSA) is 44.8 Å². The van der Waals surface area contributed by atoms with E-state index in [1.54, 1.807) is 13.2 Å². The fourth-order valence-corrected chi connectivity index (χ4v) is 4.85. The normalized spacial score (nSPS) is 20.3. The number of alkyl halides is 3. The maximum absolute atomic E-state index is 13.4. The van der Waals surface area contributed by atoms with E-state index in [-0.39, 0.29) is 24.3 Å². The van der Waals surface area contributed by atoms with Gasteiger partial charge in [-0.25, -0.2) is 0 Å². The first-order valence-electron chi connectivity index (χ1n) is 11.3. The average molecular weight is 462 g/mol. The van der Waals surface area contributed by atoms with E-state index in [0.29, 0.717) is 31.7 Å². The number of fused-ring (bicyclic) bond motifs is 3. The molecule has 178 valence electrons. The zero-order chi connectivity index (χ0) is 23.8. The van der Waals surface area contributed by atoms with E-state index >= 15 is 0 Å². The van der Waals surface area contributed by atoms with Gasteiger partial charge in [0.1, 0.15) is 5.75 Å². The van der Waals surface area contributed by atoms with Crippen LogP contribution in [0.3, 0.4) is 0 Å². The lowest BCUT2D eigenvalue weighted by molar-refractivity contribution is -0.137. The van der Waals surface area contributed by atoms with Crippen LogP contribution in [0.2, 0.25) is 0 Å². The Morgan fingerprint density at radius 1 is 1.15 bits per heavy atom. The van der Waals surface area contributed by atoms with Gasteiger partial charge in [0.05, 0.1) is 30.3 Å². The van der Waals surface area contributed by atoms with Crippen LogP contribution in [0.1, 0.15) is 25.0 Å². The number of amides is 1. The predicted octanol–water partition coefficient (Wildman–Crippen LogP) is 4.35. The number of nitrogens with one attached hydrogen (secondary N) is 1. The minimum absolute atomic E-state index is 0.108. The van der Waals surface area contributed by atoms with Crippen molar-refractivity contribution in [1.82, 2.24) is 5.32 Å². The molecule has 2 heterocycles. The van der Waals surface area contributed by atoms with Crippen LogP contribution >= 0.6 is 0 Å². The van der Waals surface area contributed by atoms with Crippen LogP contribution in [0.25, 0.3) is 0 Å². The summed E-state index contributed by atoms with van der Waals surface area (Å²) in [5.41, 5.74) is 1.66. The van der Waals surface area contributed by atoms with Crippen molar-refractivity contribution >= 4 is 17.3 Å². The van der Waals surface area contributed by atoms with E-state index in [1.165, 1.54) is 6.07 Å². The van der Waals surface area contributed by atoms with Gasteiger partial charge in [0, 0.05) is 31.9 Å². The molecule has 0 saturated carbocycles. The second-order valence-electron chi connectivity index (χ2n) is 9.17. The molecule has 5 nitrogen and oxygen atoms in total. The molecule has 1 saturated heterocycles. The van der Waals surface area contributed by atoms with Crippen LogP contribution in [0, 0.1) is 11.8 Å². The van der Waals surface area contributed by atoms with Gasteiger partial charge in [-0.15, -0.1) is 0 Å². The minimum atomic E-state index is -4.41. The van der Waals surface area contributed by atoms with Gasteiger partial charge in [-0.3, -0.25) is 4.79 Å². The minimum Gasteiger partial charge on any atom is -0.495 e. The lowest BCUT2D eigenvalue weighted by atomic mass is 9.82. The Morgan fingerprint density at radius 3 is 2.61 bits per heavy atom. The van der Waals surface area contributed by atoms with Crippen LogP contribution in [-0.4, -0.2) is 45.2 Å². The maximum atomic E-state index is 13.4. The van der Waals surface area contributed by atoms with Gasteiger partial charge < -0.3 is 19.9 Å². The van der Waals surface area contributed by atoms with Crippen LogP contribution in [0.5, 0.6) is 5.75 Å². The van der Waals surface area contributed by atoms with E-state index < -0.39 is 17.7 Å². The number of carbonyl (C=O) groups is 1. The monoisotopic (exact) mass is 461 g/mol. The van der Waals surface area contributed by atoms with Gasteiger partial charge in [0.2, 0.25) is 5.91 Å². The molecule has 2 atom stereocenters. The quantitative estimate of drug-likeness (QED) is 0.719. The van der Waals surface area contributed by atoms with Crippen molar-refractivity contribution in [3.63, 3.8) is 0 Å². The summed E-state index contributed by atoms with van der Waals surface area (Å²) in [6.07, 6.45) is -4.13. The van der Waals surface area contributed by atoms with E-state index in [4.69, 9.17) is 4.74 Å². The average Bonchev–Trinajstić information content (AvgIpc) is 2.80. The highest BCUT2D eigenvalue weighted by molar-refractivity contribution is 5.82. The van der Waals surface area contributed by atoms with Crippen LogP contribution in [0.4, 0.5) is 24.5 Å². The van der Waals surface area contributed by atoms with Crippen molar-refractivity contribution in [3.8, 4) is 5.75 Å². The van der Waals surface area contributed by atoms with Crippen LogP contribution in [-0.2, 0) is 17.4 Å². The number of ether oxygens (including phenoxy) is 1. The summed E-state index contributed by atoms with van der Waals surface area (Å²) in [6.45, 7) is 6.44. The molecule has 0 aromatic heterocycles. The Balaban J connectivity index is 1.68. The number of hydrogen-bond acceptors (Lipinski definition) is 4. The number of carbonyl (C=O) groups excluding carboxylic acids is 1. The molecule has 0 aliphatic carbocycles. The highest BCUT2D eigenvalue weighted by Crippen LogP contribution is 2.41. The number of methoxy groups -OCH3 is 1.